The van der Waals surface area contributed by atoms with Crippen LogP contribution in [0.3, 0.4) is 0 Å². The average Bonchev–Trinajstić information content (AvgIpc) is 2.80. The number of H-pyrrole nitrogens is 1. The van der Waals surface area contributed by atoms with Gasteiger partial charge in [-0.1, -0.05) is 6.42 Å². The van der Waals surface area contributed by atoms with Gasteiger partial charge >= 0.3 is 0 Å². The molecule has 1 aromatic rings. The smallest absolute Gasteiger partial charge is 0.272 e. The summed E-state index contributed by atoms with van der Waals surface area (Å²) in [6.07, 6.45) is 7.86. The molecule has 2 N–H and O–H groups in total. The maximum absolute atomic E-state index is 12.3. The molecule has 5 nitrogen and oxygen atoms in total. The number of hydrogen-bond acceptors (Lipinski definition) is 3. The van der Waals surface area contributed by atoms with Crippen LogP contribution in [0.1, 0.15) is 48.2 Å². The number of aromatic nitrogens is 2. The first kappa shape index (κ1) is 12.7. The highest BCUT2D eigenvalue weighted by atomic mass is 16.2. The van der Waals surface area contributed by atoms with Crippen LogP contribution in [0.5, 0.6) is 0 Å². The van der Waals surface area contributed by atoms with Gasteiger partial charge < -0.3 is 10.2 Å². The van der Waals surface area contributed by atoms with Crippen molar-refractivity contribution in [3.63, 3.8) is 0 Å². The van der Waals surface area contributed by atoms with E-state index in [-0.39, 0.29) is 5.91 Å². The second-order valence-corrected chi connectivity index (χ2v) is 5.79. The van der Waals surface area contributed by atoms with Gasteiger partial charge in [-0.05, 0) is 38.2 Å². The third-order valence-corrected chi connectivity index (χ3v) is 4.40. The predicted octanol–water partition coefficient (Wildman–Crippen LogP) is 1.46. The van der Waals surface area contributed by atoms with E-state index in [0.717, 1.165) is 37.5 Å². The minimum absolute atomic E-state index is 0.0945. The number of rotatable bonds is 3. The molecule has 0 atom stereocenters. The quantitative estimate of drug-likeness (QED) is 0.867. The number of carbonyl (C=O) groups is 1. The van der Waals surface area contributed by atoms with Crippen molar-refractivity contribution in [3.8, 4) is 0 Å². The lowest BCUT2D eigenvalue weighted by Gasteiger charge is -2.37. The van der Waals surface area contributed by atoms with E-state index < -0.39 is 0 Å². The van der Waals surface area contributed by atoms with Gasteiger partial charge in [0.2, 0.25) is 0 Å². The third-order valence-electron chi connectivity index (χ3n) is 4.40. The summed E-state index contributed by atoms with van der Waals surface area (Å²) in [5, 5.41) is 10.4. The number of nitrogens with one attached hydrogen (secondary N) is 2. The summed E-state index contributed by atoms with van der Waals surface area (Å²) in [7, 11) is 0. The number of piperidine rings is 1. The van der Waals surface area contributed by atoms with Crippen LogP contribution in [0.25, 0.3) is 0 Å². The van der Waals surface area contributed by atoms with Crippen LogP contribution in [0.2, 0.25) is 0 Å². The van der Waals surface area contributed by atoms with Gasteiger partial charge in [0.25, 0.3) is 5.91 Å². The molecule has 19 heavy (non-hydrogen) atoms. The first-order valence-electron chi connectivity index (χ1n) is 7.29. The number of carbonyl (C=O) groups excluding carboxylic acids is 1. The van der Waals surface area contributed by atoms with Crippen molar-refractivity contribution in [1.29, 1.82) is 0 Å². The summed E-state index contributed by atoms with van der Waals surface area (Å²) in [4.78, 5) is 14.3. The Labute approximate surface area is 113 Å². The minimum Gasteiger partial charge on any atom is -0.337 e. The normalized spacial score (nSPS) is 21.4. The largest absolute Gasteiger partial charge is 0.337 e. The predicted molar refractivity (Wildman–Crippen MR) is 73.0 cm³/mol. The minimum atomic E-state index is 0.0945. The van der Waals surface area contributed by atoms with Crippen molar-refractivity contribution < 1.29 is 4.79 Å². The number of aromatic amines is 1. The summed E-state index contributed by atoms with van der Waals surface area (Å²) >= 11 is 0. The molecule has 1 amide bonds. The maximum atomic E-state index is 12.3. The van der Waals surface area contributed by atoms with Crippen molar-refractivity contribution in [2.24, 2.45) is 0 Å². The van der Waals surface area contributed by atoms with Crippen molar-refractivity contribution >= 4 is 5.91 Å². The van der Waals surface area contributed by atoms with Gasteiger partial charge in [0.05, 0.1) is 6.20 Å². The molecular weight excluding hydrogens is 240 g/mol. The zero-order valence-electron chi connectivity index (χ0n) is 11.5. The first-order valence-corrected chi connectivity index (χ1v) is 7.29. The van der Waals surface area contributed by atoms with E-state index in [2.05, 4.69) is 15.5 Å². The topological polar surface area (TPSA) is 61.0 Å². The van der Waals surface area contributed by atoms with Gasteiger partial charge in [0.1, 0.15) is 5.69 Å². The SMILES string of the molecule is Cc1cn[nH]c1C(=O)N1CCC(NC2CCC2)CC1. The Morgan fingerprint density at radius 2 is 2.00 bits per heavy atom. The molecule has 1 saturated carbocycles. The molecule has 3 rings (SSSR count). The molecule has 0 aromatic carbocycles. The van der Waals surface area contributed by atoms with Gasteiger partial charge in [-0.3, -0.25) is 9.89 Å². The highest BCUT2D eigenvalue weighted by Gasteiger charge is 2.27. The summed E-state index contributed by atoms with van der Waals surface area (Å²) in [5.74, 6) is 0.0945. The molecule has 1 saturated heterocycles. The van der Waals surface area contributed by atoms with Crippen LogP contribution < -0.4 is 5.32 Å². The lowest BCUT2D eigenvalue weighted by atomic mass is 9.91. The number of amides is 1. The fourth-order valence-electron chi connectivity index (χ4n) is 2.88. The van der Waals surface area contributed by atoms with Crippen molar-refractivity contribution in [2.75, 3.05) is 13.1 Å². The van der Waals surface area contributed by atoms with Crippen LogP contribution in [0, 0.1) is 6.92 Å². The van der Waals surface area contributed by atoms with Crippen molar-refractivity contribution in [2.45, 2.75) is 51.1 Å². The van der Waals surface area contributed by atoms with Gasteiger partial charge in [0.15, 0.2) is 0 Å². The van der Waals surface area contributed by atoms with E-state index in [4.69, 9.17) is 0 Å². The number of likely N-dealkylation sites (tertiary alicyclic amines) is 1. The summed E-state index contributed by atoms with van der Waals surface area (Å²) < 4.78 is 0. The summed E-state index contributed by atoms with van der Waals surface area (Å²) in [6, 6.07) is 1.33. The fourth-order valence-corrected chi connectivity index (χ4v) is 2.88. The Morgan fingerprint density at radius 1 is 1.32 bits per heavy atom. The molecule has 104 valence electrons. The third kappa shape index (κ3) is 2.66. The standard InChI is InChI=1S/C14H22N4O/c1-10-9-15-17-13(10)14(19)18-7-5-12(6-8-18)16-11-3-2-4-11/h9,11-12,16H,2-8H2,1H3,(H,15,17). The van der Waals surface area contributed by atoms with Gasteiger partial charge in [0, 0.05) is 25.2 Å². The summed E-state index contributed by atoms with van der Waals surface area (Å²) in [6.45, 7) is 3.62. The molecule has 2 heterocycles. The highest BCUT2D eigenvalue weighted by Crippen LogP contribution is 2.21. The number of aryl methyl sites for hydroxylation is 1. The van der Waals surface area contributed by atoms with Gasteiger partial charge in [-0.25, -0.2) is 0 Å². The molecule has 2 fully saturated rings. The second-order valence-electron chi connectivity index (χ2n) is 5.79. The zero-order chi connectivity index (χ0) is 13.2. The Bertz CT molecular complexity index is 444. The van der Waals surface area contributed by atoms with E-state index in [9.17, 15) is 4.79 Å². The molecule has 0 spiro atoms. The van der Waals surface area contributed by atoms with Crippen LogP contribution >= 0.6 is 0 Å². The Balaban J connectivity index is 1.52. The van der Waals surface area contributed by atoms with Crippen LogP contribution in [-0.4, -0.2) is 46.2 Å². The van der Waals surface area contributed by atoms with Crippen molar-refractivity contribution in [3.05, 3.63) is 17.5 Å². The fraction of sp³-hybridized carbons (Fsp3) is 0.714. The monoisotopic (exact) mass is 262 g/mol. The highest BCUT2D eigenvalue weighted by molar-refractivity contribution is 5.93. The van der Waals surface area contributed by atoms with Crippen LogP contribution in [0.4, 0.5) is 0 Å². The first-order chi connectivity index (χ1) is 9.24. The second kappa shape index (κ2) is 5.33. The average molecular weight is 262 g/mol. The molecule has 1 aromatic heterocycles. The van der Waals surface area contributed by atoms with Gasteiger partial charge in [-0.15, -0.1) is 0 Å². The molecule has 0 unspecified atom stereocenters. The summed E-state index contributed by atoms with van der Waals surface area (Å²) in [5.41, 5.74) is 1.57. The molecular formula is C14H22N4O. The van der Waals surface area contributed by atoms with E-state index in [1.54, 1.807) is 6.20 Å². The van der Waals surface area contributed by atoms with E-state index in [0.29, 0.717) is 11.7 Å². The van der Waals surface area contributed by atoms with E-state index in [1.165, 1.54) is 19.3 Å². The molecule has 1 aliphatic carbocycles. The lowest BCUT2D eigenvalue weighted by Crippen LogP contribution is -2.49. The maximum Gasteiger partial charge on any atom is 0.272 e. The van der Waals surface area contributed by atoms with E-state index in [1.807, 2.05) is 11.8 Å². The zero-order valence-corrected chi connectivity index (χ0v) is 11.5. The van der Waals surface area contributed by atoms with Crippen LogP contribution in [-0.2, 0) is 0 Å². The Hall–Kier alpha value is -1.36. The Morgan fingerprint density at radius 3 is 2.53 bits per heavy atom. The molecule has 0 radical (unpaired) electrons. The number of hydrogen-bond donors (Lipinski definition) is 2. The van der Waals surface area contributed by atoms with Gasteiger partial charge in [-0.2, -0.15) is 5.10 Å². The molecule has 2 aliphatic rings. The molecule has 5 heteroatoms. The van der Waals surface area contributed by atoms with Crippen molar-refractivity contribution in [1.82, 2.24) is 20.4 Å². The lowest BCUT2D eigenvalue weighted by molar-refractivity contribution is 0.0690. The Kier molecular flexibility index (Phi) is 3.55. The number of nitrogens with zero attached hydrogens (tertiary/aromatic N) is 2. The van der Waals surface area contributed by atoms with Crippen LogP contribution in [0.15, 0.2) is 6.20 Å². The van der Waals surface area contributed by atoms with E-state index >= 15 is 0 Å². The molecule has 1 aliphatic heterocycles. The molecule has 0 bridgehead atoms.